The van der Waals surface area contributed by atoms with Crippen LogP contribution in [0.15, 0.2) is 84.0 Å². The summed E-state index contributed by atoms with van der Waals surface area (Å²) in [6, 6.07) is 24.4. The van der Waals surface area contributed by atoms with Gasteiger partial charge >= 0.3 is 0 Å². The molecule has 36 heavy (non-hydrogen) atoms. The van der Waals surface area contributed by atoms with Gasteiger partial charge in [-0.2, -0.15) is 0 Å². The van der Waals surface area contributed by atoms with Crippen LogP contribution in [0.25, 0.3) is 17.1 Å². The van der Waals surface area contributed by atoms with Gasteiger partial charge in [0.25, 0.3) is 0 Å². The molecule has 8 heteroatoms. The van der Waals surface area contributed by atoms with E-state index in [1.807, 2.05) is 53.1 Å². The minimum atomic E-state index is 0.173. The predicted molar refractivity (Wildman–Crippen MR) is 138 cm³/mol. The number of benzene rings is 2. The molecule has 2 aliphatic rings. The number of para-hydroxylation sites is 1. The molecule has 180 valence electrons. The molecule has 2 atom stereocenters. The zero-order valence-electron chi connectivity index (χ0n) is 19.8. The molecule has 1 aliphatic heterocycles. The fourth-order valence-corrected chi connectivity index (χ4v) is 5.15. The quantitative estimate of drug-likeness (QED) is 0.294. The van der Waals surface area contributed by atoms with E-state index < -0.39 is 0 Å². The highest BCUT2D eigenvalue weighted by atomic mass is 15.2. The maximum Gasteiger partial charge on any atom is 0.206 e. The Bertz CT molecular complexity index is 1620. The van der Waals surface area contributed by atoms with E-state index in [1.165, 1.54) is 0 Å². The van der Waals surface area contributed by atoms with Crippen LogP contribution in [0.3, 0.4) is 0 Å². The second-order valence-electron chi connectivity index (χ2n) is 9.24. The second kappa shape index (κ2) is 9.30. The maximum absolute atomic E-state index is 9.08. The molecule has 2 aromatic carbocycles. The molecule has 0 spiro atoms. The predicted octanol–water partition coefficient (Wildman–Crippen LogP) is 2.53. The van der Waals surface area contributed by atoms with Crippen LogP contribution in [0.5, 0.6) is 0 Å². The summed E-state index contributed by atoms with van der Waals surface area (Å²) in [6.07, 6.45) is 4.97. The van der Waals surface area contributed by atoms with Crippen molar-refractivity contribution in [3.05, 3.63) is 106 Å². The minimum absolute atomic E-state index is 0.173. The molecule has 0 bridgehead atoms. The summed E-state index contributed by atoms with van der Waals surface area (Å²) in [5.74, 6) is 0.623. The number of hydrogen-bond donors (Lipinski definition) is 5. The molecule has 5 N–H and O–H groups in total. The van der Waals surface area contributed by atoms with Crippen LogP contribution in [0, 0.1) is 10.8 Å². The van der Waals surface area contributed by atoms with Gasteiger partial charge in [0.15, 0.2) is 0 Å². The van der Waals surface area contributed by atoms with Crippen LogP contribution in [-0.2, 0) is 6.54 Å². The average Bonchev–Trinajstić information content (AvgIpc) is 3.49. The van der Waals surface area contributed by atoms with Crippen molar-refractivity contribution in [2.75, 3.05) is 5.32 Å². The van der Waals surface area contributed by atoms with Crippen molar-refractivity contribution < 1.29 is 0 Å². The van der Waals surface area contributed by atoms with Crippen molar-refractivity contribution in [1.29, 1.82) is 10.8 Å². The fraction of sp³-hybridized carbons (Fsp3) is 0.214. The number of aromatic amines is 1. The first-order chi connectivity index (χ1) is 17.7. The molecule has 0 unspecified atom stereocenters. The summed E-state index contributed by atoms with van der Waals surface area (Å²) in [6.45, 7) is 0.536. The minimum Gasteiger partial charge on any atom is -0.367 e. The lowest BCUT2D eigenvalue weighted by molar-refractivity contribution is 0.474. The fourth-order valence-electron chi connectivity index (χ4n) is 5.15. The van der Waals surface area contributed by atoms with E-state index in [4.69, 9.17) is 15.8 Å². The highest BCUT2D eigenvalue weighted by Crippen LogP contribution is 2.32. The zero-order valence-corrected chi connectivity index (χ0v) is 19.8. The Morgan fingerprint density at radius 1 is 0.972 bits per heavy atom. The SMILES string of the molecule is N=c1[nH]c2n(c(=N)/c1=C(\NCc1ccc(-c3ccccn3)cc1)Nc1ccccc1)[C@H]1CCC[C@H]1N=2. The molecule has 3 heterocycles. The Morgan fingerprint density at radius 3 is 2.56 bits per heavy atom. The van der Waals surface area contributed by atoms with Gasteiger partial charge in [0.2, 0.25) is 5.62 Å². The van der Waals surface area contributed by atoms with E-state index in [0.29, 0.717) is 28.7 Å². The van der Waals surface area contributed by atoms with Crippen LogP contribution in [-0.4, -0.2) is 20.6 Å². The van der Waals surface area contributed by atoms with Gasteiger partial charge in [-0.3, -0.25) is 20.4 Å². The second-order valence-corrected chi connectivity index (χ2v) is 9.24. The van der Waals surface area contributed by atoms with Crippen LogP contribution in [0.2, 0.25) is 0 Å². The van der Waals surface area contributed by atoms with Crippen molar-refractivity contribution in [2.24, 2.45) is 4.99 Å². The average molecular weight is 477 g/mol. The standard InChI is InChI=1S/C28H28N8/c29-25-24(26(30)36-23-11-6-10-22(23)34-28(36)35-25)27(33-20-7-2-1-3-8-20)32-17-18-12-14-19(15-13-18)21-9-4-5-16-31-21/h1-5,7-9,12-16,22-23,30,32-33H,6,10-11,17H2,(H2,29,34,35)/b27-24+,30-26?/t22-,23+/m1/s1. The zero-order chi connectivity index (χ0) is 24.5. The number of anilines is 1. The number of hydrogen-bond acceptors (Lipinski definition) is 6. The molecule has 4 aromatic rings. The largest absolute Gasteiger partial charge is 0.367 e. The molecule has 0 amide bonds. The molecular formula is C28H28N8. The van der Waals surface area contributed by atoms with E-state index in [0.717, 1.165) is 41.8 Å². The summed E-state index contributed by atoms with van der Waals surface area (Å²) >= 11 is 0. The number of pyridine rings is 1. The molecule has 0 saturated heterocycles. The van der Waals surface area contributed by atoms with E-state index in [-0.39, 0.29) is 17.6 Å². The van der Waals surface area contributed by atoms with Crippen molar-refractivity contribution in [3.8, 4) is 11.3 Å². The summed E-state index contributed by atoms with van der Waals surface area (Å²) in [5, 5.41) is 25.2. The highest BCUT2D eigenvalue weighted by Gasteiger charge is 2.33. The summed E-state index contributed by atoms with van der Waals surface area (Å²) in [4.78, 5) is 12.3. The molecular weight excluding hydrogens is 448 g/mol. The molecule has 2 aromatic heterocycles. The van der Waals surface area contributed by atoms with Crippen LogP contribution in [0.4, 0.5) is 5.69 Å². The van der Waals surface area contributed by atoms with Crippen molar-refractivity contribution in [1.82, 2.24) is 19.9 Å². The topological polar surface area (TPSA) is 118 Å². The number of nitrogens with zero attached hydrogens (tertiary/aromatic N) is 3. The van der Waals surface area contributed by atoms with Gasteiger partial charge < -0.3 is 15.6 Å². The van der Waals surface area contributed by atoms with Crippen LogP contribution in [0.1, 0.15) is 30.9 Å². The van der Waals surface area contributed by atoms with Gasteiger partial charge in [0.1, 0.15) is 16.8 Å². The van der Waals surface area contributed by atoms with Gasteiger partial charge in [0.05, 0.1) is 23.0 Å². The lowest BCUT2D eigenvalue weighted by atomic mass is 10.1. The van der Waals surface area contributed by atoms with Crippen molar-refractivity contribution >= 4 is 11.5 Å². The Kier molecular flexibility index (Phi) is 5.69. The molecule has 6 rings (SSSR count). The van der Waals surface area contributed by atoms with Crippen LogP contribution >= 0.6 is 0 Å². The summed E-state index contributed by atoms with van der Waals surface area (Å²) in [7, 11) is 0. The number of H-pyrrole nitrogens is 1. The monoisotopic (exact) mass is 476 g/mol. The van der Waals surface area contributed by atoms with Gasteiger partial charge in [-0.15, -0.1) is 0 Å². The highest BCUT2D eigenvalue weighted by molar-refractivity contribution is 5.63. The van der Waals surface area contributed by atoms with Crippen molar-refractivity contribution in [2.45, 2.75) is 37.9 Å². The lowest BCUT2D eigenvalue weighted by Gasteiger charge is -2.17. The van der Waals surface area contributed by atoms with E-state index >= 15 is 0 Å². The smallest absolute Gasteiger partial charge is 0.206 e. The normalized spacial score (nSPS) is 18.7. The number of fused-ring (bicyclic) bond motifs is 3. The lowest BCUT2D eigenvalue weighted by Crippen LogP contribution is -2.56. The first kappa shape index (κ1) is 22.0. The molecule has 8 nitrogen and oxygen atoms in total. The first-order valence-electron chi connectivity index (χ1n) is 12.3. The third-order valence-corrected chi connectivity index (χ3v) is 6.93. The third kappa shape index (κ3) is 4.11. The molecule has 0 radical (unpaired) electrons. The van der Waals surface area contributed by atoms with E-state index in [2.05, 4.69) is 44.9 Å². The van der Waals surface area contributed by atoms with Crippen LogP contribution < -0.4 is 32.4 Å². The Labute approximate surface area is 208 Å². The number of aromatic nitrogens is 3. The molecule has 1 aliphatic carbocycles. The van der Waals surface area contributed by atoms with Crippen molar-refractivity contribution in [3.63, 3.8) is 0 Å². The number of rotatable bonds is 6. The third-order valence-electron chi connectivity index (χ3n) is 6.93. The van der Waals surface area contributed by atoms with Gasteiger partial charge in [-0.1, -0.05) is 48.5 Å². The Hall–Kier alpha value is -4.46. The van der Waals surface area contributed by atoms with Gasteiger partial charge in [-0.25, -0.2) is 4.99 Å². The van der Waals surface area contributed by atoms with Gasteiger partial charge in [0, 0.05) is 24.0 Å². The Balaban J connectivity index is 1.38. The molecule has 1 fully saturated rings. The van der Waals surface area contributed by atoms with E-state index in [1.54, 1.807) is 6.20 Å². The van der Waals surface area contributed by atoms with E-state index in [9.17, 15) is 0 Å². The first-order valence-corrected chi connectivity index (χ1v) is 12.3. The maximum atomic E-state index is 9.08. The summed E-state index contributed by atoms with van der Waals surface area (Å²) < 4.78 is 1.97. The Morgan fingerprint density at radius 2 is 1.78 bits per heavy atom. The number of nitrogens with one attached hydrogen (secondary N) is 5. The van der Waals surface area contributed by atoms with Gasteiger partial charge in [-0.05, 0) is 49.1 Å². The molecule has 1 saturated carbocycles. The summed E-state index contributed by atoms with van der Waals surface area (Å²) in [5.41, 5.74) is 5.09.